The molecular weight excluding hydrogens is 216 g/mol. The number of carbonyl (C=O) groups excluding carboxylic acids is 1. The van der Waals surface area contributed by atoms with Crippen LogP contribution < -0.4 is 10.2 Å². The average molecular weight is 236 g/mol. The van der Waals surface area contributed by atoms with Crippen LogP contribution in [0.25, 0.3) is 0 Å². The Morgan fingerprint density at radius 3 is 2.53 bits per heavy atom. The molecule has 5 heteroatoms. The molecule has 1 amide bonds. The Morgan fingerprint density at radius 1 is 1.35 bits per heavy atom. The molecule has 1 N–H and O–H groups in total. The van der Waals surface area contributed by atoms with Crippen LogP contribution in [-0.4, -0.2) is 27.8 Å². The van der Waals surface area contributed by atoms with E-state index in [4.69, 9.17) is 0 Å². The van der Waals surface area contributed by atoms with Crippen LogP contribution in [0.5, 0.6) is 0 Å². The monoisotopic (exact) mass is 236 g/mol. The predicted molar refractivity (Wildman–Crippen MR) is 68.3 cm³/mol. The lowest BCUT2D eigenvalue weighted by Gasteiger charge is -2.42. The van der Waals surface area contributed by atoms with E-state index >= 15 is 0 Å². The molecule has 5 nitrogen and oxygen atoms in total. The number of hydrogen-bond donors (Lipinski definition) is 1. The molecule has 1 aromatic rings. The third-order valence-corrected chi connectivity index (χ3v) is 3.47. The molecule has 0 bridgehead atoms. The Bertz CT molecular complexity index is 461. The first kappa shape index (κ1) is 12.0. The van der Waals surface area contributed by atoms with E-state index in [-0.39, 0.29) is 5.91 Å². The van der Waals surface area contributed by atoms with Crippen molar-refractivity contribution in [2.24, 2.45) is 7.05 Å². The second-order valence-corrected chi connectivity index (χ2v) is 4.88. The van der Waals surface area contributed by atoms with Gasteiger partial charge in [0.25, 0.3) is 0 Å². The number of nitrogens with one attached hydrogen (secondary N) is 1. The fraction of sp³-hybridized carbons (Fsp3) is 0.667. The summed E-state index contributed by atoms with van der Waals surface area (Å²) in [4.78, 5) is 14.2. The molecule has 0 unspecified atom stereocenters. The average Bonchev–Trinajstić information content (AvgIpc) is 2.57. The molecule has 1 aliphatic heterocycles. The van der Waals surface area contributed by atoms with Crippen molar-refractivity contribution in [3.8, 4) is 0 Å². The summed E-state index contributed by atoms with van der Waals surface area (Å²) in [5.74, 6) is 1.04. The van der Waals surface area contributed by atoms with E-state index in [1.807, 2.05) is 32.5 Å². The third-order valence-electron chi connectivity index (χ3n) is 3.47. The van der Waals surface area contributed by atoms with Crippen LogP contribution in [0.15, 0.2) is 0 Å². The molecule has 2 rings (SSSR count). The molecule has 17 heavy (non-hydrogen) atoms. The molecule has 0 saturated carbocycles. The van der Waals surface area contributed by atoms with Crippen molar-refractivity contribution in [2.75, 3.05) is 16.8 Å². The number of aromatic nitrogens is 2. The van der Waals surface area contributed by atoms with Crippen LogP contribution in [0.1, 0.15) is 33.4 Å². The Hall–Kier alpha value is -1.52. The number of likely N-dealkylation sites (N-methyl/N-ethyl adjacent to an activating group) is 1. The molecule has 0 atom stereocenters. The van der Waals surface area contributed by atoms with Crippen LogP contribution in [0.2, 0.25) is 0 Å². The number of nitrogens with zero attached hydrogens (tertiary/aromatic N) is 3. The fourth-order valence-corrected chi connectivity index (χ4v) is 2.45. The highest BCUT2D eigenvalue weighted by Crippen LogP contribution is 2.38. The Morgan fingerprint density at radius 2 is 2.00 bits per heavy atom. The summed E-state index contributed by atoms with van der Waals surface area (Å²) in [5.41, 5.74) is 1.30. The predicted octanol–water partition coefficient (Wildman–Crippen LogP) is 1.54. The molecule has 1 aromatic heterocycles. The number of carbonyl (C=O) groups is 1. The Kier molecular flexibility index (Phi) is 2.64. The van der Waals surface area contributed by atoms with Gasteiger partial charge in [0, 0.05) is 13.6 Å². The summed E-state index contributed by atoms with van der Waals surface area (Å²) in [7, 11) is 1.92. The van der Waals surface area contributed by atoms with Gasteiger partial charge in [-0.2, -0.15) is 5.10 Å². The highest BCUT2D eigenvalue weighted by atomic mass is 16.2. The molecule has 0 saturated heterocycles. The maximum Gasteiger partial charge on any atom is 0.249 e. The first-order chi connectivity index (χ1) is 7.93. The van der Waals surface area contributed by atoms with Gasteiger partial charge in [-0.1, -0.05) is 6.92 Å². The Labute approximate surface area is 102 Å². The van der Waals surface area contributed by atoms with Gasteiger partial charge in [-0.25, -0.2) is 0 Å². The van der Waals surface area contributed by atoms with Crippen molar-refractivity contribution < 1.29 is 4.79 Å². The molecule has 0 radical (unpaired) electrons. The van der Waals surface area contributed by atoms with Gasteiger partial charge in [0.05, 0.1) is 5.69 Å². The minimum Gasteiger partial charge on any atom is -0.341 e. The van der Waals surface area contributed by atoms with Gasteiger partial charge in [0.1, 0.15) is 11.2 Å². The molecule has 94 valence electrons. The van der Waals surface area contributed by atoms with E-state index in [0.29, 0.717) is 0 Å². The molecule has 1 aliphatic rings. The van der Waals surface area contributed by atoms with Gasteiger partial charge in [-0.05, 0) is 27.2 Å². The van der Waals surface area contributed by atoms with Crippen molar-refractivity contribution in [1.29, 1.82) is 0 Å². The summed E-state index contributed by atoms with van der Waals surface area (Å²) in [5, 5.41) is 7.46. The fourth-order valence-electron chi connectivity index (χ4n) is 2.45. The lowest BCUT2D eigenvalue weighted by molar-refractivity contribution is -0.120. The minimum absolute atomic E-state index is 0.0366. The van der Waals surface area contributed by atoms with Gasteiger partial charge in [0.2, 0.25) is 5.91 Å². The van der Waals surface area contributed by atoms with E-state index in [1.54, 1.807) is 0 Å². The normalized spacial score (nSPS) is 17.9. The summed E-state index contributed by atoms with van der Waals surface area (Å²) in [6, 6.07) is 0. The first-order valence-corrected chi connectivity index (χ1v) is 6.08. The topological polar surface area (TPSA) is 50.2 Å². The van der Waals surface area contributed by atoms with Gasteiger partial charge in [-0.15, -0.1) is 0 Å². The molecule has 0 spiro atoms. The molecule has 0 fully saturated rings. The van der Waals surface area contributed by atoms with E-state index in [9.17, 15) is 4.79 Å². The maximum absolute atomic E-state index is 12.1. The van der Waals surface area contributed by atoms with Crippen LogP contribution in [0.4, 0.5) is 11.5 Å². The molecule has 0 aromatic carbocycles. The number of fused-ring (bicyclic) bond motifs is 1. The van der Waals surface area contributed by atoms with Crippen LogP contribution in [0, 0.1) is 0 Å². The third kappa shape index (κ3) is 1.52. The summed E-state index contributed by atoms with van der Waals surface area (Å²) in [6.45, 7) is 8.77. The minimum atomic E-state index is -0.527. The summed E-state index contributed by atoms with van der Waals surface area (Å²) in [6.07, 6.45) is 0.821. The maximum atomic E-state index is 12.1. The highest BCUT2D eigenvalue weighted by molar-refractivity contribution is 6.06. The zero-order valence-electron chi connectivity index (χ0n) is 11.2. The van der Waals surface area contributed by atoms with Crippen LogP contribution in [0.3, 0.4) is 0 Å². The number of rotatable bonds is 2. The van der Waals surface area contributed by atoms with Crippen molar-refractivity contribution in [1.82, 2.24) is 9.78 Å². The van der Waals surface area contributed by atoms with E-state index in [1.165, 1.54) is 0 Å². The SMILES string of the molecule is CCc1nn(C)c2c1NC(=O)C(C)(C)N2CC. The van der Waals surface area contributed by atoms with E-state index < -0.39 is 5.54 Å². The Balaban J connectivity index is 2.62. The van der Waals surface area contributed by atoms with Gasteiger partial charge in [0.15, 0.2) is 5.82 Å². The standard InChI is InChI=1S/C12H20N4O/c1-6-8-9-10(15(5)14-8)16(7-2)12(3,4)11(17)13-9/h6-7H2,1-5H3,(H,13,17). The number of amides is 1. The number of aryl methyl sites for hydroxylation is 2. The molecule has 0 aliphatic carbocycles. The van der Waals surface area contributed by atoms with E-state index in [2.05, 4.69) is 22.2 Å². The second kappa shape index (κ2) is 3.75. The lowest BCUT2D eigenvalue weighted by atomic mass is 9.98. The van der Waals surface area contributed by atoms with Gasteiger partial charge < -0.3 is 10.2 Å². The van der Waals surface area contributed by atoms with Crippen molar-refractivity contribution in [3.05, 3.63) is 5.69 Å². The highest BCUT2D eigenvalue weighted by Gasteiger charge is 2.42. The van der Waals surface area contributed by atoms with Crippen LogP contribution >= 0.6 is 0 Å². The summed E-state index contributed by atoms with van der Waals surface area (Å²) >= 11 is 0. The number of anilines is 2. The van der Waals surface area contributed by atoms with Crippen molar-refractivity contribution in [2.45, 2.75) is 39.7 Å². The smallest absolute Gasteiger partial charge is 0.249 e. The molecule has 2 heterocycles. The van der Waals surface area contributed by atoms with Crippen molar-refractivity contribution >= 4 is 17.4 Å². The van der Waals surface area contributed by atoms with E-state index in [0.717, 1.165) is 30.2 Å². The second-order valence-electron chi connectivity index (χ2n) is 4.88. The van der Waals surface area contributed by atoms with Crippen LogP contribution in [-0.2, 0) is 18.3 Å². The number of hydrogen-bond acceptors (Lipinski definition) is 3. The van der Waals surface area contributed by atoms with Gasteiger partial charge in [-0.3, -0.25) is 9.48 Å². The largest absolute Gasteiger partial charge is 0.341 e. The summed E-state index contributed by atoms with van der Waals surface area (Å²) < 4.78 is 1.86. The molecular formula is C12H20N4O. The zero-order chi connectivity index (χ0) is 12.8. The quantitative estimate of drug-likeness (QED) is 0.847. The van der Waals surface area contributed by atoms with Crippen molar-refractivity contribution in [3.63, 3.8) is 0 Å². The van der Waals surface area contributed by atoms with Gasteiger partial charge >= 0.3 is 0 Å². The lowest BCUT2D eigenvalue weighted by Crippen LogP contribution is -2.56. The first-order valence-electron chi connectivity index (χ1n) is 6.08. The zero-order valence-corrected chi connectivity index (χ0v) is 11.2.